The molecular formula is C14H18BrNO2. The van der Waals surface area contributed by atoms with Crippen molar-refractivity contribution >= 4 is 21.8 Å². The van der Waals surface area contributed by atoms with Gasteiger partial charge in [0.25, 0.3) is 5.91 Å². The minimum atomic E-state index is -0.0287. The molecule has 1 aliphatic rings. The first-order chi connectivity index (χ1) is 8.72. The number of carbonyl (C=O) groups excluding carboxylic acids is 1. The number of aliphatic hydroxyl groups excluding tert-OH is 1. The summed E-state index contributed by atoms with van der Waals surface area (Å²) in [5.41, 5.74) is 0.685. The van der Waals surface area contributed by atoms with Crippen molar-refractivity contribution in [3.05, 3.63) is 34.3 Å². The summed E-state index contributed by atoms with van der Waals surface area (Å²) in [6, 6.07) is 7.40. The predicted octanol–water partition coefficient (Wildman–Crippen LogP) is 2.83. The maximum atomic E-state index is 12.5. The second-order valence-corrected chi connectivity index (χ2v) is 5.61. The Labute approximate surface area is 116 Å². The van der Waals surface area contributed by atoms with Gasteiger partial charge >= 0.3 is 0 Å². The number of halogens is 1. The third-order valence-electron chi connectivity index (χ3n) is 3.42. The SMILES string of the molecule is O=C(c1cccc(Br)c1)N1CCCCCC1CO. The number of likely N-dealkylation sites (tertiary alicyclic amines) is 1. The average Bonchev–Trinajstić information content (AvgIpc) is 2.62. The molecule has 1 aliphatic heterocycles. The van der Waals surface area contributed by atoms with Crippen LogP contribution in [0.4, 0.5) is 0 Å². The normalized spacial score (nSPS) is 20.6. The second kappa shape index (κ2) is 6.34. The summed E-state index contributed by atoms with van der Waals surface area (Å²) in [6.07, 6.45) is 4.15. The van der Waals surface area contributed by atoms with Gasteiger partial charge in [0.2, 0.25) is 0 Å². The molecule has 18 heavy (non-hydrogen) atoms. The first-order valence-corrected chi connectivity index (χ1v) is 7.19. The molecule has 98 valence electrons. The smallest absolute Gasteiger partial charge is 0.254 e. The first-order valence-electron chi connectivity index (χ1n) is 6.40. The summed E-state index contributed by atoms with van der Waals surface area (Å²) >= 11 is 3.38. The molecule has 0 spiro atoms. The Kier molecular flexibility index (Phi) is 4.78. The van der Waals surface area contributed by atoms with Crippen LogP contribution in [0, 0.1) is 0 Å². The summed E-state index contributed by atoms with van der Waals surface area (Å²) < 4.78 is 0.906. The van der Waals surface area contributed by atoms with E-state index in [1.165, 1.54) is 0 Å². The highest BCUT2D eigenvalue weighted by molar-refractivity contribution is 9.10. The Bertz CT molecular complexity index is 422. The van der Waals surface area contributed by atoms with E-state index in [1.807, 2.05) is 29.2 Å². The highest BCUT2D eigenvalue weighted by Gasteiger charge is 2.25. The lowest BCUT2D eigenvalue weighted by atomic mass is 10.1. The molecule has 0 aliphatic carbocycles. The van der Waals surface area contributed by atoms with Crippen molar-refractivity contribution in [3.8, 4) is 0 Å². The molecule has 1 aromatic rings. The van der Waals surface area contributed by atoms with Crippen LogP contribution in [-0.4, -0.2) is 35.1 Å². The molecular weight excluding hydrogens is 294 g/mol. The van der Waals surface area contributed by atoms with Crippen LogP contribution >= 0.6 is 15.9 Å². The van der Waals surface area contributed by atoms with Crippen molar-refractivity contribution in [2.45, 2.75) is 31.7 Å². The number of carbonyl (C=O) groups is 1. The highest BCUT2D eigenvalue weighted by Crippen LogP contribution is 2.20. The standard InChI is InChI=1S/C14H18BrNO2/c15-12-6-4-5-11(9-12)14(18)16-8-3-1-2-7-13(16)10-17/h4-6,9,13,17H,1-3,7-8,10H2. The van der Waals surface area contributed by atoms with Crippen LogP contribution in [0.2, 0.25) is 0 Å². The van der Waals surface area contributed by atoms with Crippen molar-refractivity contribution in [1.82, 2.24) is 4.90 Å². The van der Waals surface area contributed by atoms with Crippen LogP contribution in [0.1, 0.15) is 36.0 Å². The number of rotatable bonds is 2. The first kappa shape index (κ1) is 13.6. The molecule has 0 radical (unpaired) electrons. The van der Waals surface area contributed by atoms with Gasteiger partial charge in [-0.1, -0.05) is 34.8 Å². The number of nitrogens with zero attached hydrogens (tertiary/aromatic N) is 1. The molecule has 1 atom stereocenters. The van der Waals surface area contributed by atoms with Crippen molar-refractivity contribution in [3.63, 3.8) is 0 Å². The maximum absolute atomic E-state index is 12.5. The third-order valence-corrected chi connectivity index (χ3v) is 3.91. The zero-order valence-corrected chi connectivity index (χ0v) is 11.9. The molecule has 0 saturated carbocycles. The zero-order valence-electron chi connectivity index (χ0n) is 10.3. The van der Waals surface area contributed by atoms with E-state index >= 15 is 0 Å². The van der Waals surface area contributed by atoms with E-state index in [0.717, 1.165) is 36.7 Å². The molecule has 1 unspecified atom stereocenters. The zero-order chi connectivity index (χ0) is 13.0. The van der Waals surface area contributed by atoms with Gasteiger partial charge in [0.1, 0.15) is 0 Å². The molecule has 1 saturated heterocycles. The van der Waals surface area contributed by atoms with Gasteiger partial charge in [0.15, 0.2) is 0 Å². The van der Waals surface area contributed by atoms with E-state index in [2.05, 4.69) is 15.9 Å². The molecule has 3 nitrogen and oxygen atoms in total. The second-order valence-electron chi connectivity index (χ2n) is 4.69. The Morgan fingerprint density at radius 1 is 1.39 bits per heavy atom. The molecule has 0 bridgehead atoms. The fraction of sp³-hybridized carbons (Fsp3) is 0.500. The van der Waals surface area contributed by atoms with Gasteiger partial charge in [0.05, 0.1) is 12.6 Å². The Morgan fingerprint density at radius 2 is 2.22 bits per heavy atom. The van der Waals surface area contributed by atoms with E-state index in [0.29, 0.717) is 5.56 Å². The Balaban J connectivity index is 2.19. The largest absolute Gasteiger partial charge is 0.394 e. The lowest BCUT2D eigenvalue weighted by molar-refractivity contribution is 0.0599. The van der Waals surface area contributed by atoms with E-state index in [1.54, 1.807) is 0 Å². The number of hydrogen-bond acceptors (Lipinski definition) is 2. The number of aliphatic hydroxyl groups is 1. The van der Waals surface area contributed by atoms with E-state index < -0.39 is 0 Å². The minimum Gasteiger partial charge on any atom is -0.394 e. The van der Waals surface area contributed by atoms with Gasteiger partial charge < -0.3 is 10.0 Å². The van der Waals surface area contributed by atoms with Crippen LogP contribution in [0.15, 0.2) is 28.7 Å². The monoisotopic (exact) mass is 311 g/mol. The average molecular weight is 312 g/mol. The Morgan fingerprint density at radius 3 is 2.94 bits per heavy atom. The highest BCUT2D eigenvalue weighted by atomic mass is 79.9. The number of hydrogen-bond donors (Lipinski definition) is 1. The van der Waals surface area contributed by atoms with E-state index in [4.69, 9.17) is 0 Å². The minimum absolute atomic E-state index is 0.0252. The molecule has 1 heterocycles. The lowest BCUT2D eigenvalue weighted by Crippen LogP contribution is -2.42. The quantitative estimate of drug-likeness (QED) is 0.912. The number of amides is 1. The van der Waals surface area contributed by atoms with Gasteiger partial charge in [-0.15, -0.1) is 0 Å². The van der Waals surface area contributed by atoms with Crippen molar-refractivity contribution in [2.75, 3.05) is 13.2 Å². The Hall–Kier alpha value is -0.870. The van der Waals surface area contributed by atoms with Crippen LogP contribution < -0.4 is 0 Å². The third kappa shape index (κ3) is 3.12. The van der Waals surface area contributed by atoms with Gasteiger partial charge in [-0.2, -0.15) is 0 Å². The van der Waals surface area contributed by atoms with Crippen LogP contribution in [0.3, 0.4) is 0 Å². The summed E-state index contributed by atoms with van der Waals surface area (Å²) in [7, 11) is 0. The lowest BCUT2D eigenvalue weighted by Gasteiger charge is -2.28. The van der Waals surface area contributed by atoms with Crippen molar-refractivity contribution in [1.29, 1.82) is 0 Å². The molecule has 1 N–H and O–H groups in total. The fourth-order valence-corrected chi connectivity index (χ4v) is 2.82. The number of benzene rings is 1. The molecule has 0 aromatic heterocycles. The molecule has 1 amide bonds. The summed E-state index contributed by atoms with van der Waals surface area (Å²) in [4.78, 5) is 14.3. The van der Waals surface area contributed by atoms with Gasteiger partial charge in [-0.25, -0.2) is 0 Å². The maximum Gasteiger partial charge on any atom is 0.254 e. The van der Waals surface area contributed by atoms with E-state index in [-0.39, 0.29) is 18.6 Å². The molecule has 4 heteroatoms. The van der Waals surface area contributed by atoms with Crippen molar-refractivity contribution < 1.29 is 9.90 Å². The summed E-state index contributed by atoms with van der Waals surface area (Å²) in [6.45, 7) is 0.802. The summed E-state index contributed by atoms with van der Waals surface area (Å²) in [5.74, 6) is 0.0252. The van der Waals surface area contributed by atoms with Crippen LogP contribution in [0.25, 0.3) is 0 Å². The van der Waals surface area contributed by atoms with Gasteiger partial charge in [-0.3, -0.25) is 4.79 Å². The van der Waals surface area contributed by atoms with Crippen molar-refractivity contribution in [2.24, 2.45) is 0 Å². The van der Waals surface area contributed by atoms with Crippen LogP contribution in [-0.2, 0) is 0 Å². The molecule has 2 rings (SSSR count). The summed E-state index contributed by atoms with van der Waals surface area (Å²) in [5, 5.41) is 9.43. The van der Waals surface area contributed by atoms with E-state index in [9.17, 15) is 9.90 Å². The molecule has 1 fully saturated rings. The fourth-order valence-electron chi connectivity index (χ4n) is 2.42. The molecule has 1 aromatic carbocycles. The van der Waals surface area contributed by atoms with Crippen LogP contribution in [0.5, 0.6) is 0 Å². The topological polar surface area (TPSA) is 40.5 Å². The predicted molar refractivity (Wildman–Crippen MR) is 74.5 cm³/mol. The van der Waals surface area contributed by atoms with Gasteiger partial charge in [-0.05, 0) is 31.0 Å². The van der Waals surface area contributed by atoms with Gasteiger partial charge in [0, 0.05) is 16.6 Å².